The standard InChI is InChI=1S/C17H26N2O2/c1-2-19(15-5-3-14(12-18)4-6-15)16-7-9-21-17(11-16)8-10-20-13-17/h3-6,16H,2,7-13,18H2,1H3. The maximum atomic E-state index is 6.06. The normalized spacial score (nSPS) is 29.0. The fraction of sp³-hybridized carbons (Fsp3) is 0.647. The molecule has 2 saturated heterocycles. The van der Waals surface area contributed by atoms with Crippen molar-refractivity contribution in [3.63, 3.8) is 0 Å². The molecule has 1 spiro atoms. The van der Waals surface area contributed by atoms with Gasteiger partial charge in [-0.05, 0) is 37.5 Å². The average molecular weight is 290 g/mol. The summed E-state index contributed by atoms with van der Waals surface area (Å²) in [6, 6.07) is 9.18. The Morgan fingerprint density at radius 1 is 1.29 bits per heavy atom. The summed E-state index contributed by atoms with van der Waals surface area (Å²) in [7, 11) is 0. The molecule has 21 heavy (non-hydrogen) atoms. The summed E-state index contributed by atoms with van der Waals surface area (Å²) in [5.41, 5.74) is 8.12. The van der Waals surface area contributed by atoms with E-state index in [9.17, 15) is 0 Å². The first-order valence-electron chi connectivity index (χ1n) is 8.04. The molecule has 2 fully saturated rings. The highest BCUT2D eigenvalue weighted by Crippen LogP contribution is 2.36. The van der Waals surface area contributed by atoms with Crippen molar-refractivity contribution in [3.8, 4) is 0 Å². The van der Waals surface area contributed by atoms with Crippen molar-refractivity contribution in [2.45, 2.75) is 44.4 Å². The van der Waals surface area contributed by atoms with Crippen molar-refractivity contribution in [2.24, 2.45) is 5.73 Å². The molecule has 0 aromatic heterocycles. The lowest BCUT2D eigenvalue weighted by Gasteiger charge is -2.43. The van der Waals surface area contributed by atoms with Crippen LogP contribution in [0.25, 0.3) is 0 Å². The fourth-order valence-corrected chi connectivity index (χ4v) is 3.61. The van der Waals surface area contributed by atoms with Crippen molar-refractivity contribution >= 4 is 5.69 Å². The van der Waals surface area contributed by atoms with E-state index in [0.717, 1.165) is 45.6 Å². The molecule has 116 valence electrons. The zero-order valence-corrected chi connectivity index (χ0v) is 12.9. The summed E-state index contributed by atoms with van der Waals surface area (Å²) in [4.78, 5) is 2.50. The molecule has 2 aliphatic heterocycles. The monoisotopic (exact) mass is 290 g/mol. The van der Waals surface area contributed by atoms with Crippen LogP contribution in [0.1, 0.15) is 31.7 Å². The molecule has 2 aliphatic rings. The molecular formula is C17H26N2O2. The van der Waals surface area contributed by atoms with Gasteiger partial charge in [-0.1, -0.05) is 12.1 Å². The third-order valence-corrected chi connectivity index (χ3v) is 4.82. The topological polar surface area (TPSA) is 47.7 Å². The molecule has 2 heterocycles. The van der Waals surface area contributed by atoms with Crippen LogP contribution in [0.15, 0.2) is 24.3 Å². The Balaban J connectivity index is 1.75. The number of ether oxygens (including phenoxy) is 2. The van der Waals surface area contributed by atoms with Gasteiger partial charge in [-0.2, -0.15) is 0 Å². The van der Waals surface area contributed by atoms with E-state index in [1.54, 1.807) is 0 Å². The van der Waals surface area contributed by atoms with Crippen molar-refractivity contribution in [2.75, 3.05) is 31.3 Å². The number of anilines is 1. The summed E-state index contributed by atoms with van der Waals surface area (Å²) >= 11 is 0. The van der Waals surface area contributed by atoms with E-state index in [-0.39, 0.29) is 5.60 Å². The predicted octanol–water partition coefficient (Wildman–Crippen LogP) is 2.31. The molecule has 2 N–H and O–H groups in total. The van der Waals surface area contributed by atoms with Crippen molar-refractivity contribution in [1.82, 2.24) is 0 Å². The van der Waals surface area contributed by atoms with E-state index >= 15 is 0 Å². The molecule has 2 unspecified atom stereocenters. The van der Waals surface area contributed by atoms with E-state index < -0.39 is 0 Å². The Bertz CT molecular complexity index is 454. The van der Waals surface area contributed by atoms with E-state index in [1.807, 2.05) is 0 Å². The first kappa shape index (κ1) is 14.8. The minimum absolute atomic E-state index is 0.0342. The molecule has 3 rings (SSSR count). The second-order valence-electron chi connectivity index (χ2n) is 6.14. The van der Waals surface area contributed by atoms with Crippen LogP contribution in [0, 0.1) is 0 Å². The van der Waals surface area contributed by atoms with E-state index in [0.29, 0.717) is 12.6 Å². The van der Waals surface area contributed by atoms with Gasteiger partial charge in [-0.25, -0.2) is 0 Å². The average Bonchev–Trinajstić information content (AvgIpc) is 2.96. The first-order valence-corrected chi connectivity index (χ1v) is 8.04. The number of nitrogens with two attached hydrogens (primary N) is 1. The van der Waals surface area contributed by atoms with E-state index in [1.165, 1.54) is 11.3 Å². The van der Waals surface area contributed by atoms with Gasteiger partial charge in [0.1, 0.15) is 0 Å². The molecule has 0 amide bonds. The molecular weight excluding hydrogens is 264 g/mol. The van der Waals surface area contributed by atoms with Crippen molar-refractivity contribution in [1.29, 1.82) is 0 Å². The minimum Gasteiger partial charge on any atom is -0.378 e. The molecule has 4 nitrogen and oxygen atoms in total. The van der Waals surface area contributed by atoms with Crippen molar-refractivity contribution < 1.29 is 9.47 Å². The third-order valence-electron chi connectivity index (χ3n) is 4.82. The maximum absolute atomic E-state index is 6.06. The number of benzene rings is 1. The fourth-order valence-electron chi connectivity index (χ4n) is 3.61. The van der Waals surface area contributed by atoms with Gasteiger partial charge in [0, 0.05) is 44.5 Å². The van der Waals surface area contributed by atoms with Gasteiger partial charge < -0.3 is 20.1 Å². The van der Waals surface area contributed by atoms with Gasteiger partial charge in [0.15, 0.2) is 0 Å². The largest absolute Gasteiger partial charge is 0.378 e. The smallest absolute Gasteiger partial charge is 0.0956 e. The van der Waals surface area contributed by atoms with Gasteiger partial charge in [0.2, 0.25) is 0 Å². The van der Waals surface area contributed by atoms with Crippen LogP contribution in [0.3, 0.4) is 0 Å². The van der Waals surface area contributed by atoms with Crippen molar-refractivity contribution in [3.05, 3.63) is 29.8 Å². The lowest BCUT2D eigenvalue weighted by Crippen LogP contribution is -2.49. The van der Waals surface area contributed by atoms with E-state index in [2.05, 4.69) is 36.1 Å². The van der Waals surface area contributed by atoms with Crippen LogP contribution in [-0.4, -0.2) is 38.0 Å². The summed E-state index contributed by atoms with van der Waals surface area (Å²) in [6.45, 7) is 6.28. The zero-order chi connectivity index (χ0) is 14.7. The lowest BCUT2D eigenvalue weighted by atomic mass is 9.88. The molecule has 0 aliphatic carbocycles. The third kappa shape index (κ3) is 3.07. The molecule has 4 heteroatoms. The molecule has 0 radical (unpaired) electrons. The SMILES string of the molecule is CCN(c1ccc(CN)cc1)C1CCOC2(CCOC2)C1. The summed E-state index contributed by atoms with van der Waals surface area (Å²) in [5, 5.41) is 0. The number of rotatable bonds is 4. The Morgan fingerprint density at radius 2 is 2.10 bits per heavy atom. The molecule has 2 atom stereocenters. The Kier molecular flexibility index (Phi) is 4.48. The van der Waals surface area contributed by atoms with Gasteiger partial charge >= 0.3 is 0 Å². The van der Waals surface area contributed by atoms with Gasteiger partial charge in [-0.15, -0.1) is 0 Å². The maximum Gasteiger partial charge on any atom is 0.0956 e. The summed E-state index contributed by atoms with van der Waals surface area (Å²) in [5.74, 6) is 0. The first-order chi connectivity index (χ1) is 10.3. The second kappa shape index (κ2) is 6.34. The lowest BCUT2D eigenvalue weighted by molar-refractivity contribution is -0.0858. The summed E-state index contributed by atoms with van der Waals surface area (Å²) in [6.07, 6.45) is 3.20. The number of hydrogen-bond donors (Lipinski definition) is 1. The predicted molar refractivity (Wildman–Crippen MR) is 84.5 cm³/mol. The van der Waals surface area contributed by atoms with Crippen LogP contribution in [-0.2, 0) is 16.0 Å². The highest BCUT2D eigenvalue weighted by atomic mass is 16.6. The highest BCUT2D eigenvalue weighted by Gasteiger charge is 2.42. The second-order valence-corrected chi connectivity index (χ2v) is 6.14. The van der Waals surface area contributed by atoms with E-state index in [4.69, 9.17) is 15.2 Å². The highest BCUT2D eigenvalue weighted by molar-refractivity contribution is 5.48. The quantitative estimate of drug-likeness (QED) is 0.924. The molecule has 0 saturated carbocycles. The number of hydrogen-bond acceptors (Lipinski definition) is 4. The Morgan fingerprint density at radius 3 is 2.71 bits per heavy atom. The van der Waals surface area contributed by atoms with Gasteiger partial charge in [0.05, 0.1) is 12.2 Å². The van der Waals surface area contributed by atoms with Crippen LogP contribution >= 0.6 is 0 Å². The van der Waals surface area contributed by atoms with Gasteiger partial charge in [-0.3, -0.25) is 0 Å². The molecule has 1 aromatic rings. The van der Waals surface area contributed by atoms with Crippen LogP contribution < -0.4 is 10.6 Å². The van der Waals surface area contributed by atoms with Crippen LogP contribution in [0.5, 0.6) is 0 Å². The molecule has 0 bridgehead atoms. The number of nitrogens with zero attached hydrogens (tertiary/aromatic N) is 1. The zero-order valence-electron chi connectivity index (χ0n) is 12.9. The Labute approximate surface area is 127 Å². The Hall–Kier alpha value is -1.10. The minimum atomic E-state index is -0.0342. The molecule has 1 aromatic carbocycles. The van der Waals surface area contributed by atoms with Crippen LogP contribution in [0.2, 0.25) is 0 Å². The van der Waals surface area contributed by atoms with Gasteiger partial charge in [0.25, 0.3) is 0 Å². The summed E-state index contributed by atoms with van der Waals surface area (Å²) < 4.78 is 11.6. The van der Waals surface area contributed by atoms with Crippen LogP contribution in [0.4, 0.5) is 5.69 Å².